The summed E-state index contributed by atoms with van der Waals surface area (Å²) in [7, 11) is 1.29. The smallest absolute Gasteiger partial charge is 0.327 e. The number of halogens is 1. The van der Waals surface area contributed by atoms with Crippen molar-refractivity contribution in [2.75, 3.05) is 19.0 Å². The fraction of sp³-hybridized carbons (Fsp3) is 0.300. The quantitative estimate of drug-likeness (QED) is 0.594. The number of carboxylic acids is 1. The van der Waals surface area contributed by atoms with Crippen molar-refractivity contribution in [1.29, 1.82) is 0 Å². The second-order valence-corrected chi connectivity index (χ2v) is 3.33. The van der Waals surface area contributed by atoms with Gasteiger partial charge >= 0.3 is 11.7 Å². The number of nitro groups is 1. The largest absolute Gasteiger partial charge is 0.497 e. The molecular formula is C10H11FN2O5. The third kappa shape index (κ3) is 3.30. The van der Waals surface area contributed by atoms with E-state index in [-0.39, 0.29) is 24.4 Å². The summed E-state index contributed by atoms with van der Waals surface area (Å²) in [6, 6.07) is 2.13. The highest BCUT2D eigenvalue weighted by Gasteiger charge is 2.22. The van der Waals surface area contributed by atoms with Gasteiger partial charge in [0.25, 0.3) is 0 Å². The van der Waals surface area contributed by atoms with Gasteiger partial charge in [-0.2, -0.15) is 4.39 Å². The number of carbonyl (C=O) groups is 1. The van der Waals surface area contributed by atoms with E-state index in [1.54, 1.807) is 0 Å². The maximum atomic E-state index is 13.5. The molecule has 18 heavy (non-hydrogen) atoms. The number of aliphatic carboxylic acids is 1. The van der Waals surface area contributed by atoms with Crippen LogP contribution in [0.4, 0.5) is 15.8 Å². The first-order valence-corrected chi connectivity index (χ1v) is 4.93. The van der Waals surface area contributed by atoms with E-state index in [9.17, 15) is 19.3 Å². The summed E-state index contributed by atoms with van der Waals surface area (Å²) >= 11 is 0. The van der Waals surface area contributed by atoms with Gasteiger partial charge in [-0.05, 0) is 0 Å². The Balaban J connectivity index is 3.01. The van der Waals surface area contributed by atoms with Crippen LogP contribution in [0.3, 0.4) is 0 Å². The zero-order chi connectivity index (χ0) is 13.7. The molecule has 0 aromatic heterocycles. The lowest BCUT2D eigenvalue weighted by molar-refractivity contribution is -0.386. The lowest BCUT2D eigenvalue weighted by Gasteiger charge is -2.08. The Kier molecular flexibility index (Phi) is 4.41. The zero-order valence-corrected chi connectivity index (χ0v) is 9.47. The molecule has 0 aliphatic carbocycles. The SMILES string of the molecule is COc1cc(F)c([N+](=O)[O-])c(NCCC(=O)O)c1. The highest BCUT2D eigenvalue weighted by molar-refractivity contribution is 5.69. The van der Waals surface area contributed by atoms with Gasteiger partial charge in [-0.1, -0.05) is 0 Å². The summed E-state index contributed by atoms with van der Waals surface area (Å²) < 4.78 is 18.2. The third-order valence-corrected chi connectivity index (χ3v) is 2.11. The molecule has 0 aliphatic heterocycles. The minimum absolute atomic E-state index is 0.0528. The van der Waals surface area contributed by atoms with E-state index in [4.69, 9.17) is 9.84 Å². The number of benzene rings is 1. The Bertz CT molecular complexity index is 478. The summed E-state index contributed by atoms with van der Waals surface area (Å²) in [6.45, 7) is -0.0528. The van der Waals surface area contributed by atoms with E-state index < -0.39 is 22.4 Å². The van der Waals surface area contributed by atoms with E-state index in [0.29, 0.717) is 0 Å². The Morgan fingerprint density at radius 1 is 1.61 bits per heavy atom. The van der Waals surface area contributed by atoms with E-state index in [0.717, 1.165) is 6.07 Å². The molecular weight excluding hydrogens is 247 g/mol. The predicted molar refractivity (Wildman–Crippen MR) is 60.3 cm³/mol. The van der Waals surface area contributed by atoms with Crippen molar-refractivity contribution >= 4 is 17.3 Å². The molecule has 1 rings (SSSR count). The van der Waals surface area contributed by atoms with Crippen LogP contribution < -0.4 is 10.1 Å². The lowest BCUT2D eigenvalue weighted by atomic mass is 10.2. The highest BCUT2D eigenvalue weighted by atomic mass is 19.1. The molecule has 0 bridgehead atoms. The van der Waals surface area contributed by atoms with Crippen LogP contribution in [0.2, 0.25) is 0 Å². The molecule has 0 fully saturated rings. The number of nitrogens with zero attached hydrogens (tertiary/aromatic N) is 1. The average molecular weight is 258 g/mol. The predicted octanol–water partition coefficient (Wildman–Crippen LogP) is 1.63. The third-order valence-electron chi connectivity index (χ3n) is 2.11. The number of ether oxygens (including phenoxy) is 1. The normalized spacial score (nSPS) is 9.89. The Hall–Kier alpha value is -2.38. The molecule has 0 spiro atoms. The van der Waals surface area contributed by atoms with Crippen molar-refractivity contribution in [2.45, 2.75) is 6.42 Å². The van der Waals surface area contributed by atoms with E-state index >= 15 is 0 Å². The van der Waals surface area contributed by atoms with Crippen LogP contribution in [0.1, 0.15) is 6.42 Å². The second kappa shape index (κ2) is 5.80. The summed E-state index contributed by atoms with van der Waals surface area (Å²) in [6.07, 6.45) is -0.240. The molecule has 98 valence electrons. The minimum atomic E-state index is -1.06. The maximum Gasteiger partial charge on any atom is 0.327 e. The first kappa shape index (κ1) is 13.7. The first-order valence-electron chi connectivity index (χ1n) is 4.93. The molecule has 0 heterocycles. The van der Waals surface area contributed by atoms with Gasteiger partial charge in [0.2, 0.25) is 5.82 Å². The summed E-state index contributed by atoms with van der Waals surface area (Å²) in [5, 5.41) is 21.7. The van der Waals surface area contributed by atoms with E-state index in [1.807, 2.05) is 0 Å². The topological polar surface area (TPSA) is 102 Å². The van der Waals surface area contributed by atoms with Crippen molar-refractivity contribution in [2.24, 2.45) is 0 Å². The molecule has 7 nitrogen and oxygen atoms in total. The van der Waals surface area contributed by atoms with Gasteiger partial charge in [0, 0.05) is 18.7 Å². The van der Waals surface area contributed by atoms with Crippen molar-refractivity contribution in [3.8, 4) is 5.75 Å². The molecule has 0 saturated heterocycles. The molecule has 0 aliphatic rings. The standard InChI is InChI=1S/C10H11FN2O5/c1-18-6-4-7(11)10(13(16)17)8(5-6)12-3-2-9(14)15/h4-5,12H,2-3H2,1H3,(H,14,15). The van der Waals surface area contributed by atoms with E-state index in [1.165, 1.54) is 13.2 Å². The summed E-state index contributed by atoms with van der Waals surface area (Å²) in [5.74, 6) is -2.00. The van der Waals surface area contributed by atoms with Gasteiger partial charge < -0.3 is 15.2 Å². The fourth-order valence-corrected chi connectivity index (χ4v) is 1.32. The van der Waals surface area contributed by atoms with Crippen LogP contribution in [0.25, 0.3) is 0 Å². The van der Waals surface area contributed by atoms with Gasteiger partial charge in [0.1, 0.15) is 11.4 Å². The van der Waals surface area contributed by atoms with Crippen LogP contribution >= 0.6 is 0 Å². The number of nitro benzene ring substituents is 1. The van der Waals surface area contributed by atoms with Crippen molar-refractivity contribution in [3.63, 3.8) is 0 Å². The molecule has 8 heteroatoms. The van der Waals surface area contributed by atoms with Gasteiger partial charge in [-0.25, -0.2) is 0 Å². The number of hydrogen-bond donors (Lipinski definition) is 2. The highest BCUT2D eigenvalue weighted by Crippen LogP contribution is 2.32. The number of carboxylic acid groups (broad SMARTS) is 1. The van der Waals surface area contributed by atoms with Crippen LogP contribution in [-0.4, -0.2) is 29.7 Å². The van der Waals surface area contributed by atoms with Crippen molar-refractivity contribution in [1.82, 2.24) is 0 Å². The number of rotatable bonds is 6. The molecule has 0 radical (unpaired) electrons. The fourth-order valence-electron chi connectivity index (χ4n) is 1.32. The van der Waals surface area contributed by atoms with Gasteiger partial charge in [0.05, 0.1) is 18.5 Å². The zero-order valence-electron chi connectivity index (χ0n) is 9.47. The van der Waals surface area contributed by atoms with Crippen LogP contribution in [0, 0.1) is 15.9 Å². The maximum absolute atomic E-state index is 13.5. The number of nitrogens with one attached hydrogen (secondary N) is 1. The monoisotopic (exact) mass is 258 g/mol. The molecule has 0 saturated carbocycles. The molecule has 1 aromatic rings. The second-order valence-electron chi connectivity index (χ2n) is 3.33. The Morgan fingerprint density at radius 3 is 2.78 bits per heavy atom. The van der Waals surface area contributed by atoms with Gasteiger partial charge in [-0.15, -0.1) is 0 Å². The van der Waals surface area contributed by atoms with Crippen molar-refractivity contribution in [3.05, 3.63) is 28.1 Å². The van der Waals surface area contributed by atoms with E-state index in [2.05, 4.69) is 5.32 Å². The first-order chi connectivity index (χ1) is 8.45. The number of methoxy groups -OCH3 is 1. The summed E-state index contributed by atoms with van der Waals surface area (Å²) in [4.78, 5) is 20.2. The molecule has 0 amide bonds. The lowest BCUT2D eigenvalue weighted by Crippen LogP contribution is -2.10. The van der Waals surface area contributed by atoms with Crippen LogP contribution in [-0.2, 0) is 4.79 Å². The average Bonchev–Trinajstić information content (AvgIpc) is 2.27. The summed E-state index contributed by atoms with van der Waals surface area (Å²) in [5.41, 5.74) is -0.848. The minimum Gasteiger partial charge on any atom is -0.497 e. The molecule has 0 atom stereocenters. The molecule has 2 N–H and O–H groups in total. The molecule has 1 aromatic carbocycles. The number of anilines is 1. The van der Waals surface area contributed by atoms with Gasteiger partial charge in [-0.3, -0.25) is 14.9 Å². The Labute approximate surface area is 101 Å². The van der Waals surface area contributed by atoms with Crippen molar-refractivity contribution < 1.29 is 24.0 Å². The van der Waals surface area contributed by atoms with Gasteiger partial charge in [0.15, 0.2) is 0 Å². The van der Waals surface area contributed by atoms with Crippen LogP contribution in [0.15, 0.2) is 12.1 Å². The molecule has 0 unspecified atom stereocenters. The number of hydrogen-bond acceptors (Lipinski definition) is 5. The Morgan fingerprint density at radius 2 is 2.28 bits per heavy atom. The van der Waals surface area contributed by atoms with Crippen LogP contribution in [0.5, 0.6) is 5.75 Å².